The van der Waals surface area contributed by atoms with Crippen molar-refractivity contribution in [1.82, 2.24) is 10.6 Å². The molecule has 19 heavy (non-hydrogen) atoms. The first-order valence-electron chi connectivity index (χ1n) is 6.52. The summed E-state index contributed by atoms with van der Waals surface area (Å²) in [7, 11) is 0. The third kappa shape index (κ3) is 3.92. The van der Waals surface area contributed by atoms with Crippen LogP contribution in [0.25, 0.3) is 0 Å². The van der Waals surface area contributed by atoms with Crippen molar-refractivity contribution in [2.24, 2.45) is 0 Å². The molecule has 0 atom stereocenters. The van der Waals surface area contributed by atoms with Gasteiger partial charge in [-0.1, -0.05) is 30.3 Å². The van der Waals surface area contributed by atoms with E-state index in [1.807, 2.05) is 30.3 Å². The van der Waals surface area contributed by atoms with Crippen molar-refractivity contribution in [2.75, 3.05) is 19.8 Å². The molecule has 1 aliphatic rings. The Hall–Kier alpha value is -1.62. The van der Waals surface area contributed by atoms with E-state index in [4.69, 9.17) is 4.74 Å². The molecule has 104 valence electrons. The number of benzene rings is 1. The van der Waals surface area contributed by atoms with Crippen LogP contribution in [0.2, 0.25) is 0 Å². The second kappa shape index (κ2) is 6.52. The lowest BCUT2D eigenvalue weighted by Gasteiger charge is -2.34. The van der Waals surface area contributed by atoms with Gasteiger partial charge in [0.15, 0.2) is 0 Å². The summed E-state index contributed by atoms with van der Waals surface area (Å²) >= 11 is 0. The first kappa shape index (κ1) is 13.8. The lowest BCUT2D eigenvalue weighted by atomic mass is 9.94. The molecule has 2 rings (SSSR count). The van der Waals surface area contributed by atoms with Crippen molar-refractivity contribution in [2.45, 2.75) is 25.0 Å². The molecule has 5 heteroatoms. The van der Waals surface area contributed by atoms with Gasteiger partial charge in [0.05, 0.1) is 0 Å². The van der Waals surface area contributed by atoms with E-state index in [2.05, 4.69) is 10.6 Å². The number of piperidine rings is 1. The van der Waals surface area contributed by atoms with Gasteiger partial charge in [0.1, 0.15) is 12.3 Å². The van der Waals surface area contributed by atoms with Gasteiger partial charge in [-0.3, -0.25) is 0 Å². The number of amides is 1. The summed E-state index contributed by atoms with van der Waals surface area (Å²) in [6.07, 6.45) is 0.480. The van der Waals surface area contributed by atoms with E-state index < -0.39 is 18.4 Å². The smallest absolute Gasteiger partial charge is 0.408 e. The van der Waals surface area contributed by atoms with E-state index in [0.29, 0.717) is 32.5 Å². The summed E-state index contributed by atoms with van der Waals surface area (Å²) < 4.78 is 18.4. The Morgan fingerprint density at radius 3 is 2.63 bits per heavy atom. The Morgan fingerprint density at radius 2 is 2.00 bits per heavy atom. The molecular weight excluding hydrogens is 247 g/mol. The highest BCUT2D eigenvalue weighted by molar-refractivity contribution is 5.67. The Bertz CT molecular complexity index is 405. The fourth-order valence-electron chi connectivity index (χ4n) is 2.15. The molecule has 1 heterocycles. The molecule has 1 saturated heterocycles. The molecular formula is C14H19FN2O2. The molecule has 1 aliphatic heterocycles. The fourth-order valence-corrected chi connectivity index (χ4v) is 2.15. The number of ether oxygens (including phenoxy) is 1. The second-order valence-corrected chi connectivity index (χ2v) is 4.80. The normalized spacial score (nSPS) is 17.7. The maximum Gasteiger partial charge on any atom is 0.408 e. The van der Waals surface area contributed by atoms with Gasteiger partial charge in [-0.15, -0.1) is 0 Å². The number of rotatable bonds is 4. The molecule has 1 amide bonds. The van der Waals surface area contributed by atoms with Crippen molar-refractivity contribution in [3.8, 4) is 0 Å². The van der Waals surface area contributed by atoms with Crippen LogP contribution in [0.4, 0.5) is 9.18 Å². The molecule has 1 fully saturated rings. The Balaban J connectivity index is 1.83. The molecule has 1 aromatic rings. The molecule has 0 saturated carbocycles. The summed E-state index contributed by atoms with van der Waals surface area (Å²) in [4.78, 5) is 11.7. The molecule has 4 nitrogen and oxygen atoms in total. The van der Waals surface area contributed by atoms with Crippen molar-refractivity contribution in [1.29, 1.82) is 0 Å². The Morgan fingerprint density at radius 1 is 1.32 bits per heavy atom. The molecule has 0 bridgehead atoms. The lowest BCUT2D eigenvalue weighted by Crippen LogP contribution is -2.48. The monoisotopic (exact) mass is 266 g/mol. The van der Waals surface area contributed by atoms with E-state index >= 15 is 0 Å². The van der Waals surface area contributed by atoms with E-state index in [1.54, 1.807) is 0 Å². The van der Waals surface area contributed by atoms with Crippen molar-refractivity contribution >= 4 is 6.09 Å². The van der Waals surface area contributed by atoms with Crippen LogP contribution in [0.5, 0.6) is 0 Å². The zero-order valence-electron chi connectivity index (χ0n) is 10.8. The van der Waals surface area contributed by atoms with Gasteiger partial charge in [0.25, 0.3) is 0 Å². The van der Waals surface area contributed by atoms with Crippen molar-refractivity contribution in [3.63, 3.8) is 0 Å². The minimum Gasteiger partial charge on any atom is -0.440 e. The van der Waals surface area contributed by atoms with Crippen LogP contribution in [-0.4, -0.2) is 31.5 Å². The van der Waals surface area contributed by atoms with Gasteiger partial charge >= 0.3 is 6.09 Å². The molecule has 0 spiro atoms. The van der Waals surface area contributed by atoms with Crippen LogP contribution in [0.1, 0.15) is 18.4 Å². The van der Waals surface area contributed by atoms with E-state index in [1.165, 1.54) is 0 Å². The van der Waals surface area contributed by atoms with Gasteiger partial charge in [-0.2, -0.15) is 0 Å². The summed E-state index contributed by atoms with van der Waals surface area (Å²) in [5.41, 5.74) is 0.0329. The molecule has 2 N–H and O–H groups in total. The quantitative estimate of drug-likeness (QED) is 0.876. The van der Waals surface area contributed by atoms with Crippen molar-refractivity contribution < 1.29 is 13.9 Å². The largest absolute Gasteiger partial charge is 0.440 e. The number of hydrogen-bond acceptors (Lipinski definition) is 3. The minimum atomic E-state index is -0.952. The molecule has 0 aromatic heterocycles. The first-order valence-corrected chi connectivity index (χ1v) is 6.52. The average molecular weight is 266 g/mol. The van der Waals surface area contributed by atoms with Crippen LogP contribution in [-0.2, 0) is 11.3 Å². The van der Waals surface area contributed by atoms with Gasteiger partial charge in [0, 0.05) is 19.4 Å². The highest BCUT2D eigenvalue weighted by Gasteiger charge is 2.36. The zero-order valence-corrected chi connectivity index (χ0v) is 10.8. The highest BCUT2D eigenvalue weighted by atomic mass is 19.1. The van der Waals surface area contributed by atoms with E-state index in [9.17, 15) is 9.18 Å². The SMILES string of the molecule is O=C(NCc1ccccc1)OC1(CF)CCNCC1. The fraction of sp³-hybridized carbons (Fsp3) is 0.500. The lowest BCUT2D eigenvalue weighted by molar-refractivity contribution is -0.0286. The minimum absolute atomic E-state index is 0.389. The van der Waals surface area contributed by atoms with Gasteiger partial charge < -0.3 is 15.4 Å². The third-order valence-corrected chi connectivity index (χ3v) is 3.35. The highest BCUT2D eigenvalue weighted by Crippen LogP contribution is 2.23. The standard InChI is InChI=1S/C14H19FN2O2/c15-11-14(6-8-16-9-7-14)19-13(18)17-10-12-4-2-1-3-5-12/h1-5,16H,6-11H2,(H,17,18). The molecule has 0 unspecified atom stereocenters. The first-order chi connectivity index (χ1) is 9.24. The number of carbonyl (C=O) groups is 1. The Labute approximate surface area is 112 Å². The van der Waals surface area contributed by atoms with Gasteiger partial charge in [-0.05, 0) is 18.7 Å². The van der Waals surface area contributed by atoms with Crippen LogP contribution in [0, 0.1) is 0 Å². The second-order valence-electron chi connectivity index (χ2n) is 4.80. The maximum atomic E-state index is 13.1. The number of alkyl carbamates (subject to hydrolysis) is 1. The predicted octanol–water partition coefficient (Wildman–Crippen LogP) is 2.00. The number of halogens is 1. The topological polar surface area (TPSA) is 50.4 Å². The van der Waals surface area contributed by atoms with Crippen LogP contribution in [0.3, 0.4) is 0 Å². The maximum absolute atomic E-state index is 13.1. The molecule has 0 radical (unpaired) electrons. The van der Waals surface area contributed by atoms with E-state index in [-0.39, 0.29) is 0 Å². The molecule has 0 aliphatic carbocycles. The number of alkyl halides is 1. The zero-order chi connectivity index (χ0) is 13.6. The van der Waals surface area contributed by atoms with Gasteiger partial charge in [0.2, 0.25) is 0 Å². The van der Waals surface area contributed by atoms with Crippen LogP contribution < -0.4 is 10.6 Å². The Kier molecular flexibility index (Phi) is 4.74. The summed E-state index contributed by atoms with van der Waals surface area (Å²) in [5.74, 6) is 0. The average Bonchev–Trinajstić information content (AvgIpc) is 2.47. The summed E-state index contributed by atoms with van der Waals surface area (Å²) in [5, 5.41) is 5.78. The molecule has 1 aromatic carbocycles. The number of hydrogen-bond donors (Lipinski definition) is 2. The third-order valence-electron chi connectivity index (χ3n) is 3.35. The van der Waals surface area contributed by atoms with Crippen LogP contribution >= 0.6 is 0 Å². The summed E-state index contributed by atoms with van der Waals surface area (Å²) in [6, 6.07) is 9.54. The van der Waals surface area contributed by atoms with Crippen molar-refractivity contribution in [3.05, 3.63) is 35.9 Å². The predicted molar refractivity (Wildman–Crippen MR) is 70.6 cm³/mol. The van der Waals surface area contributed by atoms with Crippen LogP contribution in [0.15, 0.2) is 30.3 Å². The summed E-state index contributed by atoms with van der Waals surface area (Å²) in [6.45, 7) is 1.11. The van der Waals surface area contributed by atoms with E-state index in [0.717, 1.165) is 5.56 Å². The number of carbonyl (C=O) groups excluding carboxylic acids is 1. The van der Waals surface area contributed by atoms with Gasteiger partial charge in [-0.25, -0.2) is 9.18 Å². The number of nitrogens with one attached hydrogen (secondary N) is 2.